The van der Waals surface area contributed by atoms with E-state index in [0.717, 1.165) is 29.4 Å². The van der Waals surface area contributed by atoms with Crippen molar-refractivity contribution in [3.05, 3.63) is 36.0 Å². The van der Waals surface area contributed by atoms with Gasteiger partial charge in [-0.05, 0) is 12.5 Å². The fraction of sp³-hybridized carbons (Fsp3) is 0.357. The molecule has 0 unspecified atom stereocenters. The van der Waals surface area contributed by atoms with E-state index in [2.05, 4.69) is 0 Å². The van der Waals surface area contributed by atoms with E-state index in [1.165, 1.54) is 0 Å². The highest BCUT2D eigenvalue weighted by molar-refractivity contribution is 6.07. The normalized spacial score (nSPS) is 19.7. The number of nitrogens with two attached hydrogens (primary N) is 1. The summed E-state index contributed by atoms with van der Waals surface area (Å²) in [4.78, 5) is 14.3. The molecule has 1 saturated heterocycles. The van der Waals surface area contributed by atoms with Gasteiger partial charge < -0.3 is 15.2 Å². The van der Waals surface area contributed by atoms with E-state index in [4.69, 9.17) is 5.73 Å². The molecule has 4 nitrogen and oxygen atoms in total. The van der Waals surface area contributed by atoms with Gasteiger partial charge in [0.2, 0.25) is 0 Å². The molecular weight excluding hydrogens is 226 g/mol. The van der Waals surface area contributed by atoms with Gasteiger partial charge in [-0.3, -0.25) is 4.79 Å². The number of aryl methyl sites for hydroxylation is 1. The second-order valence-electron chi connectivity index (χ2n) is 4.97. The number of aromatic nitrogens is 1. The third-order valence-corrected chi connectivity index (χ3v) is 3.64. The Morgan fingerprint density at radius 3 is 2.89 bits per heavy atom. The Hall–Kier alpha value is -1.81. The molecule has 0 saturated carbocycles. The minimum absolute atomic E-state index is 0.0970. The summed E-state index contributed by atoms with van der Waals surface area (Å²) in [5.41, 5.74) is 7.73. The topological polar surface area (TPSA) is 51.3 Å². The van der Waals surface area contributed by atoms with E-state index in [0.29, 0.717) is 6.54 Å². The van der Waals surface area contributed by atoms with Gasteiger partial charge in [0.05, 0.1) is 5.56 Å². The summed E-state index contributed by atoms with van der Waals surface area (Å²) in [6, 6.07) is 8.11. The van der Waals surface area contributed by atoms with Crippen LogP contribution in [-0.2, 0) is 7.05 Å². The maximum absolute atomic E-state index is 12.5. The Bertz CT molecular complexity index is 602. The van der Waals surface area contributed by atoms with Crippen molar-refractivity contribution in [2.45, 2.75) is 12.5 Å². The Labute approximate surface area is 106 Å². The Balaban J connectivity index is 2.02. The molecular formula is C14H17N3O. The fourth-order valence-corrected chi connectivity index (χ4v) is 2.65. The predicted molar refractivity (Wildman–Crippen MR) is 71.4 cm³/mol. The van der Waals surface area contributed by atoms with Crippen LogP contribution < -0.4 is 5.73 Å². The summed E-state index contributed by atoms with van der Waals surface area (Å²) in [5.74, 6) is 0.0970. The first-order valence-corrected chi connectivity index (χ1v) is 6.26. The SMILES string of the molecule is Cn1cc(C(=O)N2CC[C@@H](N)C2)c2ccccc21. The van der Waals surface area contributed by atoms with Crippen LogP contribution in [-0.4, -0.2) is 34.5 Å². The van der Waals surface area contributed by atoms with Crippen molar-refractivity contribution < 1.29 is 4.79 Å². The lowest BCUT2D eigenvalue weighted by Crippen LogP contribution is -2.31. The summed E-state index contributed by atoms with van der Waals surface area (Å²) in [5, 5.41) is 1.02. The van der Waals surface area contributed by atoms with E-state index in [-0.39, 0.29) is 11.9 Å². The van der Waals surface area contributed by atoms with Crippen LogP contribution in [0.15, 0.2) is 30.5 Å². The zero-order valence-corrected chi connectivity index (χ0v) is 10.5. The first kappa shape index (κ1) is 11.3. The number of likely N-dealkylation sites (tertiary alicyclic amines) is 1. The van der Waals surface area contributed by atoms with Crippen LogP contribution in [0.4, 0.5) is 0 Å². The van der Waals surface area contributed by atoms with Crippen LogP contribution in [0.25, 0.3) is 10.9 Å². The molecule has 1 aromatic carbocycles. The summed E-state index contributed by atoms with van der Waals surface area (Å²) in [7, 11) is 1.97. The first-order valence-electron chi connectivity index (χ1n) is 6.26. The van der Waals surface area contributed by atoms with Crippen LogP contribution in [0.1, 0.15) is 16.8 Å². The molecule has 2 heterocycles. The highest BCUT2D eigenvalue weighted by atomic mass is 16.2. The zero-order valence-electron chi connectivity index (χ0n) is 10.5. The molecule has 1 fully saturated rings. The smallest absolute Gasteiger partial charge is 0.256 e. The Kier molecular flexibility index (Phi) is 2.59. The first-order chi connectivity index (χ1) is 8.66. The van der Waals surface area contributed by atoms with Crippen molar-refractivity contribution in [3.8, 4) is 0 Å². The number of fused-ring (bicyclic) bond motifs is 1. The summed E-state index contributed by atoms with van der Waals surface area (Å²) < 4.78 is 2.00. The average molecular weight is 243 g/mol. The minimum Gasteiger partial charge on any atom is -0.350 e. The average Bonchev–Trinajstić information content (AvgIpc) is 2.94. The molecule has 0 radical (unpaired) electrons. The third-order valence-electron chi connectivity index (χ3n) is 3.64. The number of carbonyl (C=O) groups excluding carboxylic acids is 1. The van der Waals surface area contributed by atoms with Crippen LogP contribution in [0, 0.1) is 0 Å². The third kappa shape index (κ3) is 1.69. The molecule has 3 rings (SSSR count). The van der Waals surface area contributed by atoms with Crippen molar-refractivity contribution in [1.29, 1.82) is 0 Å². The summed E-state index contributed by atoms with van der Waals surface area (Å²) in [6.07, 6.45) is 2.81. The maximum Gasteiger partial charge on any atom is 0.256 e. The molecule has 2 N–H and O–H groups in total. The number of para-hydroxylation sites is 1. The monoisotopic (exact) mass is 243 g/mol. The number of rotatable bonds is 1. The summed E-state index contributed by atoms with van der Waals surface area (Å²) in [6.45, 7) is 1.44. The van der Waals surface area contributed by atoms with Gasteiger partial charge in [-0.1, -0.05) is 18.2 Å². The fourth-order valence-electron chi connectivity index (χ4n) is 2.65. The molecule has 94 valence electrons. The molecule has 0 bridgehead atoms. The van der Waals surface area contributed by atoms with Crippen LogP contribution in [0.5, 0.6) is 0 Å². The number of nitrogens with zero attached hydrogens (tertiary/aromatic N) is 2. The highest BCUT2D eigenvalue weighted by Gasteiger charge is 2.26. The van der Waals surface area contributed by atoms with Gasteiger partial charge in [0.1, 0.15) is 0 Å². The van der Waals surface area contributed by atoms with E-state index in [1.807, 2.05) is 47.0 Å². The van der Waals surface area contributed by atoms with Crippen molar-refractivity contribution in [3.63, 3.8) is 0 Å². The second kappa shape index (κ2) is 4.14. The van der Waals surface area contributed by atoms with E-state index >= 15 is 0 Å². The van der Waals surface area contributed by atoms with Gasteiger partial charge in [0, 0.05) is 43.3 Å². The van der Waals surface area contributed by atoms with Crippen molar-refractivity contribution in [2.75, 3.05) is 13.1 Å². The predicted octanol–water partition coefficient (Wildman–Crippen LogP) is 1.35. The largest absolute Gasteiger partial charge is 0.350 e. The van der Waals surface area contributed by atoms with Crippen LogP contribution in [0.2, 0.25) is 0 Å². The maximum atomic E-state index is 12.5. The van der Waals surface area contributed by atoms with E-state index in [1.54, 1.807) is 0 Å². The molecule has 2 aromatic rings. The van der Waals surface area contributed by atoms with Gasteiger partial charge in [-0.25, -0.2) is 0 Å². The van der Waals surface area contributed by atoms with Crippen LogP contribution in [0.3, 0.4) is 0 Å². The minimum atomic E-state index is 0.0970. The number of carbonyl (C=O) groups is 1. The van der Waals surface area contributed by atoms with Crippen molar-refractivity contribution >= 4 is 16.8 Å². The standard InChI is InChI=1S/C14H17N3O/c1-16-9-12(11-4-2-3-5-13(11)16)14(18)17-7-6-10(15)8-17/h2-5,9-10H,6-8,15H2,1H3/t10-/m1/s1. The molecule has 1 aliphatic rings. The summed E-state index contributed by atoms with van der Waals surface area (Å²) >= 11 is 0. The Morgan fingerprint density at radius 1 is 1.39 bits per heavy atom. The van der Waals surface area contributed by atoms with Gasteiger partial charge >= 0.3 is 0 Å². The quantitative estimate of drug-likeness (QED) is 0.822. The number of hydrogen-bond acceptors (Lipinski definition) is 2. The van der Waals surface area contributed by atoms with E-state index in [9.17, 15) is 4.79 Å². The molecule has 1 atom stereocenters. The van der Waals surface area contributed by atoms with E-state index < -0.39 is 0 Å². The van der Waals surface area contributed by atoms with Gasteiger partial charge in [-0.2, -0.15) is 0 Å². The molecule has 0 aliphatic carbocycles. The molecule has 4 heteroatoms. The number of hydrogen-bond donors (Lipinski definition) is 1. The zero-order chi connectivity index (χ0) is 12.7. The molecule has 1 aromatic heterocycles. The lowest BCUT2D eigenvalue weighted by atomic mass is 10.1. The van der Waals surface area contributed by atoms with Crippen molar-refractivity contribution in [1.82, 2.24) is 9.47 Å². The lowest BCUT2D eigenvalue weighted by Gasteiger charge is -2.14. The lowest BCUT2D eigenvalue weighted by molar-refractivity contribution is 0.0792. The molecule has 1 amide bonds. The Morgan fingerprint density at radius 2 is 2.17 bits per heavy atom. The van der Waals surface area contributed by atoms with Crippen LogP contribution >= 0.6 is 0 Å². The number of benzene rings is 1. The molecule has 0 spiro atoms. The molecule has 18 heavy (non-hydrogen) atoms. The van der Waals surface area contributed by atoms with Crippen molar-refractivity contribution in [2.24, 2.45) is 12.8 Å². The molecule has 1 aliphatic heterocycles. The van der Waals surface area contributed by atoms with Gasteiger partial charge in [-0.15, -0.1) is 0 Å². The highest BCUT2D eigenvalue weighted by Crippen LogP contribution is 2.23. The number of amides is 1. The van der Waals surface area contributed by atoms with Gasteiger partial charge in [0.25, 0.3) is 5.91 Å². The second-order valence-corrected chi connectivity index (χ2v) is 4.97. The van der Waals surface area contributed by atoms with Gasteiger partial charge in [0.15, 0.2) is 0 Å².